The summed E-state index contributed by atoms with van der Waals surface area (Å²) in [7, 11) is 0. The van der Waals surface area contributed by atoms with Gasteiger partial charge < -0.3 is 5.32 Å². The van der Waals surface area contributed by atoms with E-state index in [4.69, 9.17) is 0 Å². The summed E-state index contributed by atoms with van der Waals surface area (Å²) in [6, 6.07) is 11.4. The highest BCUT2D eigenvalue weighted by atomic mass is 32.1. The lowest BCUT2D eigenvalue weighted by atomic mass is 10.1. The molecular formula is C18H14F4N2S. The maximum atomic E-state index is 13.5. The van der Waals surface area contributed by atoms with Crippen molar-refractivity contribution in [3.05, 3.63) is 76.5 Å². The number of hydrogen-bond acceptors (Lipinski definition) is 3. The topological polar surface area (TPSA) is 24.9 Å². The van der Waals surface area contributed by atoms with Gasteiger partial charge in [0.1, 0.15) is 10.8 Å². The van der Waals surface area contributed by atoms with Crippen LogP contribution in [0.5, 0.6) is 0 Å². The Morgan fingerprint density at radius 3 is 2.36 bits per heavy atom. The molecule has 0 saturated heterocycles. The van der Waals surface area contributed by atoms with Gasteiger partial charge in [-0.3, -0.25) is 0 Å². The zero-order valence-electron chi connectivity index (χ0n) is 13.0. The Morgan fingerprint density at radius 2 is 1.68 bits per heavy atom. The van der Waals surface area contributed by atoms with Gasteiger partial charge in [0.2, 0.25) is 0 Å². The Labute approximate surface area is 146 Å². The molecule has 7 heteroatoms. The molecule has 0 aliphatic heterocycles. The first-order valence-electron chi connectivity index (χ1n) is 7.49. The second-order valence-electron chi connectivity index (χ2n) is 5.41. The van der Waals surface area contributed by atoms with Gasteiger partial charge >= 0.3 is 6.18 Å². The highest BCUT2D eigenvalue weighted by Crippen LogP contribution is 2.31. The summed E-state index contributed by atoms with van der Waals surface area (Å²) in [5.74, 6) is -0.265. The summed E-state index contributed by atoms with van der Waals surface area (Å²) in [6.45, 7) is 0.825. The van der Waals surface area contributed by atoms with E-state index in [2.05, 4.69) is 10.3 Å². The lowest BCUT2D eigenvalue weighted by Crippen LogP contribution is -2.13. The molecule has 1 aromatic heterocycles. The fraction of sp³-hybridized carbons (Fsp3) is 0.167. The quantitative estimate of drug-likeness (QED) is 0.623. The SMILES string of the molecule is Fc1ccccc1CNCc1csc(-c2ccc(C(F)(F)F)cc2)n1. The van der Waals surface area contributed by atoms with Gasteiger partial charge in [-0.15, -0.1) is 11.3 Å². The Hall–Kier alpha value is -2.25. The van der Waals surface area contributed by atoms with E-state index >= 15 is 0 Å². The van der Waals surface area contributed by atoms with Gasteiger partial charge in [-0.2, -0.15) is 13.2 Å². The third kappa shape index (κ3) is 4.43. The molecule has 0 amide bonds. The van der Waals surface area contributed by atoms with Crippen molar-refractivity contribution < 1.29 is 17.6 Å². The minimum atomic E-state index is -4.34. The number of nitrogens with zero attached hydrogens (tertiary/aromatic N) is 1. The molecule has 2 nitrogen and oxygen atoms in total. The molecule has 3 rings (SSSR count). The zero-order chi connectivity index (χ0) is 17.9. The molecule has 1 N–H and O–H groups in total. The van der Waals surface area contributed by atoms with E-state index in [1.165, 1.54) is 29.5 Å². The third-order valence-corrected chi connectivity index (χ3v) is 4.53. The summed E-state index contributed by atoms with van der Waals surface area (Å²) < 4.78 is 51.3. The first-order chi connectivity index (χ1) is 11.9. The van der Waals surface area contributed by atoms with Gasteiger partial charge in [0.15, 0.2) is 0 Å². The first-order valence-corrected chi connectivity index (χ1v) is 8.37. The van der Waals surface area contributed by atoms with E-state index in [1.807, 2.05) is 5.38 Å². The maximum absolute atomic E-state index is 13.5. The van der Waals surface area contributed by atoms with Crippen molar-refractivity contribution in [2.24, 2.45) is 0 Å². The Kier molecular flexibility index (Phi) is 5.15. The normalized spacial score (nSPS) is 11.7. The van der Waals surface area contributed by atoms with E-state index in [0.29, 0.717) is 29.2 Å². The molecule has 0 aliphatic carbocycles. The van der Waals surface area contributed by atoms with Crippen LogP contribution < -0.4 is 5.32 Å². The van der Waals surface area contributed by atoms with Crippen LogP contribution in [-0.2, 0) is 19.3 Å². The number of aromatic nitrogens is 1. The zero-order valence-corrected chi connectivity index (χ0v) is 13.8. The average Bonchev–Trinajstić information content (AvgIpc) is 3.05. The fourth-order valence-electron chi connectivity index (χ4n) is 2.29. The molecule has 0 atom stereocenters. The van der Waals surface area contributed by atoms with Crippen LogP contribution in [-0.4, -0.2) is 4.98 Å². The van der Waals surface area contributed by atoms with E-state index in [0.717, 1.165) is 17.8 Å². The molecule has 0 spiro atoms. The van der Waals surface area contributed by atoms with Gasteiger partial charge in [-0.05, 0) is 18.2 Å². The van der Waals surface area contributed by atoms with Gasteiger partial charge in [0.25, 0.3) is 0 Å². The van der Waals surface area contributed by atoms with Crippen molar-refractivity contribution >= 4 is 11.3 Å². The Morgan fingerprint density at radius 1 is 0.960 bits per heavy atom. The lowest BCUT2D eigenvalue weighted by Gasteiger charge is -2.06. The van der Waals surface area contributed by atoms with Crippen molar-refractivity contribution in [3.8, 4) is 10.6 Å². The van der Waals surface area contributed by atoms with Crippen molar-refractivity contribution in [3.63, 3.8) is 0 Å². The Bertz CT molecular complexity index is 841. The number of halogens is 4. The molecule has 1 heterocycles. The van der Waals surface area contributed by atoms with E-state index in [-0.39, 0.29) is 5.82 Å². The number of benzene rings is 2. The number of nitrogens with one attached hydrogen (secondary N) is 1. The van der Waals surface area contributed by atoms with Gasteiger partial charge in [-0.1, -0.05) is 30.3 Å². The standard InChI is InChI=1S/C18H14F4N2S/c19-16-4-2-1-3-13(16)9-23-10-15-11-25-17(24-15)12-5-7-14(8-6-12)18(20,21)22/h1-8,11,23H,9-10H2. The van der Waals surface area contributed by atoms with Crippen LogP contribution in [0.2, 0.25) is 0 Å². The van der Waals surface area contributed by atoms with Crippen molar-refractivity contribution in [1.82, 2.24) is 10.3 Å². The molecule has 3 aromatic rings. The second-order valence-corrected chi connectivity index (χ2v) is 6.27. The molecule has 0 aliphatic rings. The minimum absolute atomic E-state index is 0.265. The summed E-state index contributed by atoms with van der Waals surface area (Å²) in [4.78, 5) is 4.41. The maximum Gasteiger partial charge on any atom is 0.416 e. The van der Waals surface area contributed by atoms with Crippen LogP contribution in [0.3, 0.4) is 0 Å². The third-order valence-electron chi connectivity index (χ3n) is 3.59. The van der Waals surface area contributed by atoms with Crippen LogP contribution in [0.25, 0.3) is 10.6 Å². The Balaban J connectivity index is 1.61. The van der Waals surface area contributed by atoms with Crippen LogP contribution in [0.1, 0.15) is 16.8 Å². The fourth-order valence-corrected chi connectivity index (χ4v) is 3.12. The highest BCUT2D eigenvalue weighted by Gasteiger charge is 2.30. The number of alkyl halides is 3. The number of rotatable bonds is 5. The molecule has 0 bridgehead atoms. The molecule has 0 saturated carbocycles. The lowest BCUT2D eigenvalue weighted by molar-refractivity contribution is -0.137. The number of hydrogen-bond donors (Lipinski definition) is 1. The van der Waals surface area contributed by atoms with Crippen LogP contribution >= 0.6 is 11.3 Å². The summed E-state index contributed by atoms with van der Waals surface area (Å²) in [5, 5.41) is 5.59. The van der Waals surface area contributed by atoms with E-state index in [1.54, 1.807) is 18.2 Å². The first kappa shape index (κ1) is 17.6. The van der Waals surface area contributed by atoms with Gasteiger partial charge in [0, 0.05) is 29.6 Å². The largest absolute Gasteiger partial charge is 0.416 e. The summed E-state index contributed by atoms with van der Waals surface area (Å²) in [6.07, 6.45) is -4.34. The molecule has 0 radical (unpaired) electrons. The molecular weight excluding hydrogens is 352 g/mol. The van der Waals surface area contributed by atoms with Crippen LogP contribution in [0.15, 0.2) is 53.9 Å². The minimum Gasteiger partial charge on any atom is -0.307 e. The predicted octanol–water partition coefficient (Wildman–Crippen LogP) is 5.26. The summed E-state index contributed by atoms with van der Waals surface area (Å²) in [5.41, 5.74) is 1.29. The summed E-state index contributed by atoms with van der Waals surface area (Å²) >= 11 is 1.36. The predicted molar refractivity (Wildman–Crippen MR) is 89.5 cm³/mol. The van der Waals surface area contributed by atoms with Crippen molar-refractivity contribution in [1.29, 1.82) is 0 Å². The molecule has 25 heavy (non-hydrogen) atoms. The van der Waals surface area contributed by atoms with E-state index < -0.39 is 11.7 Å². The molecule has 130 valence electrons. The second kappa shape index (κ2) is 7.33. The molecule has 0 unspecified atom stereocenters. The van der Waals surface area contributed by atoms with Crippen molar-refractivity contribution in [2.75, 3.05) is 0 Å². The van der Waals surface area contributed by atoms with Gasteiger partial charge in [0.05, 0.1) is 11.3 Å². The highest BCUT2D eigenvalue weighted by molar-refractivity contribution is 7.13. The number of thiazole rings is 1. The van der Waals surface area contributed by atoms with E-state index in [9.17, 15) is 17.6 Å². The van der Waals surface area contributed by atoms with Crippen molar-refractivity contribution in [2.45, 2.75) is 19.3 Å². The average molecular weight is 366 g/mol. The smallest absolute Gasteiger partial charge is 0.307 e. The molecule has 2 aromatic carbocycles. The van der Waals surface area contributed by atoms with Crippen LogP contribution in [0, 0.1) is 5.82 Å². The van der Waals surface area contributed by atoms with Crippen LogP contribution in [0.4, 0.5) is 17.6 Å². The molecule has 0 fully saturated rings. The van der Waals surface area contributed by atoms with Gasteiger partial charge in [-0.25, -0.2) is 9.37 Å². The monoisotopic (exact) mass is 366 g/mol.